The van der Waals surface area contributed by atoms with E-state index < -0.39 is 0 Å². The second kappa shape index (κ2) is 4.82. The quantitative estimate of drug-likeness (QED) is 0.828. The molecule has 4 heteroatoms. The predicted molar refractivity (Wildman–Crippen MR) is 73.4 cm³/mol. The summed E-state index contributed by atoms with van der Waals surface area (Å²) in [6.45, 7) is 0. The minimum Gasteiger partial charge on any atom is -0.293 e. The highest BCUT2D eigenvalue weighted by Crippen LogP contribution is 2.41. The second-order valence-electron chi connectivity index (χ2n) is 4.05. The van der Waals surface area contributed by atoms with Crippen LogP contribution in [0.25, 0.3) is 0 Å². The lowest BCUT2D eigenvalue weighted by molar-refractivity contribution is -0.115. The van der Waals surface area contributed by atoms with Crippen molar-refractivity contribution in [3.8, 4) is 0 Å². The number of anilines is 1. The monoisotopic (exact) mass is 256 g/mol. The lowest BCUT2D eigenvalue weighted by atomic mass is 10.2. The SMILES string of the molecule is O=C1CS[C@@H](c2ccccc2)N1c1cccnc1. The van der Waals surface area contributed by atoms with Crippen LogP contribution < -0.4 is 4.90 Å². The van der Waals surface area contributed by atoms with E-state index in [0.717, 1.165) is 11.3 Å². The first kappa shape index (κ1) is 11.3. The van der Waals surface area contributed by atoms with Crippen molar-refractivity contribution >= 4 is 23.4 Å². The summed E-state index contributed by atoms with van der Waals surface area (Å²) in [6.07, 6.45) is 3.45. The topological polar surface area (TPSA) is 33.2 Å². The third kappa shape index (κ3) is 1.99. The number of carbonyl (C=O) groups excluding carboxylic acids is 1. The van der Waals surface area contributed by atoms with E-state index in [-0.39, 0.29) is 11.3 Å². The van der Waals surface area contributed by atoms with E-state index >= 15 is 0 Å². The zero-order valence-electron chi connectivity index (χ0n) is 9.69. The Morgan fingerprint density at radius 1 is 1.17 bits per heavy atom. The summed E-state index contributed by atoms with van der Waals surface area (Å²) in [5.74, 6) is 0.663. The van der Waals surface area contributed by atoms with E-state index in [1.165, 1.54) is 0 Å². The van der Waals surface area contributed by atoms with E-state index in [1.807, 2.05) is 35.2 Å². The van der Waals surface area contributed by atoms with E-state index in [2.05, 4.69) is 17.1 Å². The predicted octanol–water partition coefficient (Wildman–Crippen LogP) is 2.86. The van der Waals surface area contributed by atoms with Crippen LogP contribution in [-0.4, -0.2) is 16.6 Å². The highest BCUT2D eigenvalue weighted by Gasteiger charge is 2.33. The van der Waals surface area contributed by atoms with Crippen LogP contribution in [0.1, 0.15) is 10.9 Å². The summed E-state index contributed by atoms with van der Waals surface area (Å²) in [6, 6.07) is 13.9. The molecule has 1 aliphatic heterocycles. The van der Waals surface area contributed by atoms with Gasteiger partial charge in [0.25, 0.3) is 0 Å². The molecule has 1 aromatic carbocycles. The van der Waals surface area contributed by atoms with Gasteiger partial charge in [-0.2, -0.15) is 0 Å². The second-order valence-corrected chi connectivity index (χ2v) is 5.12. The smallest absolute Gasteiger partial charge is 0.238 e. The average Bonchev–Trinajstić information content (AvgIpc) is 2.83. The molecule has 0 N–H and O–H groups in total. The molecule has 1 fully saturated rings. The fraction of sp³-hybridized carbons (Fsp3) is 0.143. The van der Waals surface area contributed by atoms with Gasteiger partial charge in [-0.05, 0) is 17.7 Å². The number of hydrogen-bond donors (Lipinski definition) is 0. The number of carbonyl (C=O) groups is 1. The van der Waals surface area contributed by atoms with Gasteiger partial charge in [-0.3, -0.25) is 14.7 Å². The molecule has 0 spiro atoms. The Hall–Kier alpha value is -1.81. The zero-order valence-corrected chi connectivity index (χ0v) is 10.5. The van der Waals surface area contributed by atoms with E-state index in [0.29, 0.717) is 5.75 Å². The minimum atomic E-state index is 0.0582. The van der Waals surface area contributed by atoms with E-state index in [1.54, 1.807) is 24.2 Å². The maximum atomic E-state index is 12.0. The van der Waals surface area contributed by atoms with Gasteiger partial charge in [0, 0.05) is 6.20 Å². The van der Waals surface area contributed by atoms with Gasteiger partial charge in [0.1, 0.15) is 5.37 Å². The number of benzene rings is 1. The molecule has 0 saturated carbocycles. The molecular formula is C14H12N2OS. The summed E-state index contributed by atoms with van der Waals surface area (Å²) < 4.78 is 0. The largest absolute Gasteiger partial charge is 0.293 e. The van der Waals surface area contributed by atoms with Crippen molar-refractivity contribution in [1.29, 1.82) is 0 Å². The molecule has 18 heavy (non-hydrogen) atoms. The van der Waals surface area contributed by atoms with Gasteiger partial charge in [0.05, 0.1) is 17.6 Å². The summed E-state index contributed by atoms with van der Waals surface area (Å²) in [5, 5.41) is 0.0582. The maximum Gasteiger partial charge on any atom is 0.238 e. The molecule has 0 bridgehead atoms. The Morgan fingerprint density at radius 2 is 2.00 bits per heavy atom. The van der Waals surface area contributed by atoms with Crippen molar-refractivity contribution < 1.29 is 4.79 Å². The Bertz CT molecular complexity index is 544. The van der Waals surface area contributed by atoms with Crippen molar-refractivity contribution in [3.63, 3.8) is 0 Å². The lowest BCUT2D eigenvalue weighted by Crippen LogP contribution is -2.27. The van der Waals surface area contributed by atoms with Crippen LogP contribution >= 0.6 is 11.8 Å². The maximum absolute atomic E-state index is 12.0. The number of amides is 1. The Kier molecular flexibility index (Phi) is 3.02. The standard InChI is InChI=1S/C14H12N2OS/c17-13-10-18-14(11-5-2-1-3-6-11)16(13)12-7-4-8-15-9-12/h1-9,14H,10H2/t14-/m0/s1. The molecule has 3 nitrogen and oxygen atoms in total. The van der Waals surface area contributed by atoms with Crippen LogP contribution in [0.3, 0.4) is 0 Å². The number of nitrogens with zero attached hydrogens (tertiary/aromatic N) is 2. The minimum absolute atomic E-state index is 0.0582. The molecule has 90 valence electrons. The van der Waals surface area contributed by atoms with Crippen molar-refractivity contribution in [3.05, 3.63) is 60.4 Å². The molecule has 2 aromatic rings. The molecule has 1 aliphatic rings. The zero-order chi connectivity index (χ0) is 12.4. The molecular weight excluding hydrogens is 244 g/mol. The van der Waals surface area contributed by atoms with Crippen LogP contribution in [0.15, 0.2) is 54.9 Å². The van der Waals surface area contributed by atoms with Crippen LogP contribution in [-0.2, 0) is 4.79 Å². The van der Waals surface area contributed by atoms with Crippen molar-refractivity contribution in [2.45, 2.75) is 5.37 Å². The van der Waals surface area contributed by atoms with E-state index in [4.69, 9.17) is 0 Å². The van der Waals surface area contributed by atoms with Crippen molar-refractivity contribution in [1.82, 2.24) is 4.98 Å². The summed E-state index contributed by atoms with van der Waals surface area (Å²) in [7, 11) is 0. The molecule has 2 heterocycles. The molecule has 3 rings (SSSR count). The van der Waals surface area contributed by atoms with E-state index in [9.17, 15) is 4.79 Å². The van der Waals surface area contributed by atoms with Crippen LogP contribution in [0.5, 0.6) is 0 Å². The Morgan fingerprint density at radius 3 is 2.72 bits per heavy atom. The fourth-order valence-corrected chi connectivity index (χ4v) is 3.24. The first-order valence-corrected chi connectivity index (χ1v) is 6.80. The van der Waals surface area contributed by atoms with Gasteiger partial charge in [-0.15, -0.1) is 11.8 Å². The third-order valence-corrected chi connectivity index (χ3v) is 4.09. The highest BCUT2D eigenvalue weighted by molar-refractivity contribution is 8.00. The van der Waals surface area contributed by atoms with Gasteiger partial charge in [0.15, 0.2) is 0 Å². The molecule has 1 amide bonds. The number of aromatic nitrogens is 1. The molecule has 1 saturated heterocycles. The van der Waals surface area contributed by atoms with Gasteiger partial charge in [0.2, 0.25) is 5.91 Å². The molecule has 0 radical (unpaired) electrons. The first-order chi connectivity index (χ1) is 8.86. The molecule has 1 aromatic heterocycles. The van der Waals surface area contributed by atoms with Gasteiger partial charge in [-0.25, -0.2) is 0 Å². The number of hydrogen-bond acceptors (Lipinski definition) is 3. The fourth-order valence-electron chi connectivity index (χ4n) is 2.06. The summed E-state index contributed by atoms with van der Waals surface area (Å²) in [4.78, 5) is 18.0. The highest BCUT2D eigenvalue weighted by atomic mass is 32.2. The molecule has 1 atom stereocenters. The number of pyridine rings is 1. The number of thioether (sulfide) groups is 1. The van der Waals surface area contributed by atoms with Crippen LogP contribution in [0.4, 0.5) is 5.69 Å². The van der Waals surface area contributed by atoms with Crippen LogP contribution in [0.2, 0.25) is 0 Å². The molecule has 0 aliphatic carbocycles. The Labute approximate surface area is 110 Å². The first-order valence-electron chi connectivity index (χ1n) is 5.75. The van der Waals surface area contributed by atoms with Gasteiger partial charge < -0.3 is 0 Å². The summed E-state index contributed by atoms with van der Waals surface area (Å²) >= 11 is 1.66. The van der Waals surface area contributed by atoms with Gasteiger partial charge in [-0.1, -0.05) is 30.3 Å². The average molecular weight is 256 g/mol. The van der Waals surface area contributed by atoms with Crippen molar-refractivity contribution in [2.75, 3.05) is 10.7 Å². The van der Waals surface area contributed by atoms with Gasteiger partial charge >= 0.3 is 0 Å². The normalized spacial score (nSPS) is 19.2. The molecule has 0 unspecified atom stereocenters. The number of rotatable bonds is 2. The third-order valence-electron chi connectivity index (χ3n) is 2.88. The summed E-state index contributed by atoms with van der Waals surface area (Å²) in [5.41, 5.74) is 2.01. The lowest BCUT2D eigenvalue weighted by Gasteiger charge is -2.23. The van der Waals surface area contributed by atoms with Crippen LogP contribution in [0, 0.1) is 0 Å². The Balaban J connectivity index is 1.98. The van der Waals surface area contributed by atoms with Crippen molar-refractivity contribution in [2.24, 2.45) is 0 Å².